The van der Waals surface area contributed by atoms with E-state index < -0.39 is 129 Å². The van der Waals surface area contributed by atoms with Crippen molar-refractivity contribution in [1.82, 2.24) is 24.9 Å². The normalized spacial score (nSPS) is 12.5. The zero-order valence-corrected chi connectivity index (χ0v) is 40.0. The van der Waals surface area contributed by atoms with Crippen LogP contribution in [-0.4, -0.2) is 81.9 Å². The van der Waals surface area contributed by atoms with Gasteiger partial charge in [-0.05, 0) is 78.0 Å². The van der Waals surface area contributed by atoms with E-state index in [0.29, 0.717) is 18.0 Å². The summed E-state index contributed by atoms with van der Waals surface area (Å²) in [6, 6.07) is 16.1. The molecule has 0 unspecified atom stereocenters. The molecule has 26 nitrogen and oxygen atoms in total. The predicted molar refractivity (Wildman–Crippen MR) is 255 cm³/mol. The number of benzene rings is 6. The number of halogens is 3. The lowest BCUT2D eigenvalue weighted by molar-refractivity contribution is 0.476. The molecule has 33 heteroatoms. The molecule has 0 aliphatic rings. The third-order valence-corrected chi connectivity index (χ3v) is 14.0. The average molecular weight is 1100 g/mol. The van der Waals surface area contributed by atoms with Gasteiger partial charge in [0.15, 0.2) is 11.6 Å². The molecule has 382 valence electrons. The number of rotatable bonds is 15. The van der Waals surface area contributed by atoms with Crippen molar-refractivity contribution in [3.63, 3.8) is 0 Å². The van der Waals surface area contributed by atoms with Gasteiger partial charge in [0, 0.05) is 28.7 Å². The summed E-state index contributed by atoms with van der Waals surface area (Å²) in [5.41, 5.74) is 3.67. The van der Waals surface area contributed by atoms with E-state index in [1.54, 1.807) is 0 Å². The maximum absolute atomic E-state index is 14.5. The molecule has 2 heterocycles. The number of nitrogens with one attached hydrogen (secondary N) is 3. The van der Waals surface area contributed by atoms with Crippen LogP contribution in [0.3, 0.4) is 0 Å². The number of azo groups is 2. The largest absolute Gasteiger partial charge is 0.505 e. The van der Waals surface area contributed by atoms with Crippen LogP contribution in [0.5, 0.6) is 5.75 Å². The Bertz CT molecular complexity index is 4200. The molecule has 0 aliphatic heterocycles. The number of aryl methyl sites for hydroxylation is 1. The van der Waals surface area contributed by atoms with E-state index in [1.807, 2.05) is 0 Å². The molecule has 0 aliphatic carbocycles. The standard InChI is InChI=1S/C41H30F3N13O13S4/c1-18-12-25-30(73(65,66)67)15-28(56-55-27-14-21(8-11-29(27)72(62,63)64)49-38-32(42)37(43)47-17-48-38)33(45)31(25)35(58)34(18)57-54-26-10-9-23-19(4-2-7-24(23)36(26)74(68,69)70)16-46-40-51-39(44)52-41(53-40)50-20-5-3-6-22(13-20)71(59,60)61/h2-15,17,58H,16,45H2,1H3,(H,47,48,49)(H,59,60,61)(H,62,63,64)(H,65,66,67)(H,68,69,70)(H2,46,50,51,52,53). The van der Waals surface area contributed by atoms with Crippen LogP contribution < -0.4 is 21.7 Å². The topological polar surface area (TPSA) is 414 Å². The van der Waals surface area contributed by atoms with Gasteiger partial charge in [-0.15, -0.1) is 20.5 Å². The van der Waals surface area contributed by atoms with Crippen molar-refractivity contribution < 1.29 is 70.2 Å². The Hall–Kier alpha value is -8.44. The summed E-state index contributed by atoms with van der Waals surface area (Å²) in [6.45, 7) is 1.11. The molecule has 0 saturated carbocycles. The van der Waals surface area contributed by atoms with Crippen LogP contribution in [0, 0.1) is 24.8 Å². The van der Waals surface area contributed by atoms with Gasteiger partial charge < -0.3 is 26.8 Å². The van der Waals surface area contributed by atoms with Gasteiger partial charge in [0.25, 0.3) is 46.4 Å². The van der Waals surface area contributed by atoms with Gasteiger partial charge in [0.2, 0.25) is 17.7 Å². The molecular formula is C41H30F3N13O13S4. The number of phenolic OH excluding ortho intramolecular Hbond substituents is 1. The molecule has 74 heavy (non-hydrogen) atoms. The Kier molecular flexibility index (Phi) is 13.7. The summed E-state index contributed by atoms with van der Waals surface area (Å²) in [6.07, 6.45) is -0.583. The van der Waals surface area contributed by atoms with Crippen LogP contribution in [0.1, 0.15) is 11.1 Å². The third kappa shape index (κ3) is 11.0. The van der Waals surface area contributed by atoms with Crippen LogP contribution in [-0.2, 0) is 47.0 Å². The molecule has 0 fully saturated rings. The Morgan fingerprint density at radius 3 is 2.00 bits per heavy atom. The van der Waals surface area contributed by atoms with E-state index in [4.69, 9.17) is 5.73 Å². The minimum absolute atomic E-state index is 0.0400. The number of nitrogen functional groups attached to an aromatic ring is 1. The highest BCUT2D eigenvalue weighted by Gasteiger charge is 2.26. The molecule has 6 aromatic carbocycles. The van der Waals surface area contributed by atoms with Gasteiger partial charge >= 0.3 is 6.08 Å². The van der Waals surface area contributed by atoms with Crippen molar-refractivity contribution in [1.29, 1.82) is 0 Å². The van der Waals surface area contributed by atoms with E-state index in [0.717, 1.165) is 42.5 Å². The summed E-state index contributed by atoms with van der Waals surface area (Å²) in [4.78, 5) is 14.7. The monoisotopic (exact) mass is 1100 g/mol. The summed E-state index contributed by atoms with van der Waals surface area (Å²) in [7, 11) is -20.1. The van der Waals surface area contributed by atoms with E-state index in [-0.39, 0.29) is 46.2 Å². The smallest absolute Gasteiger partial charge is 0.315 e. The second-order valence-corrected chi connectivity index (χ2v) is 20.8. The molecule has 8 aromatic rings. The predicted octanol–water partition coefficient (Wildman–Crippen LogP) is 7.90. The second-order valence-electron chi connectivity index (χ2n) is 15.2. The maximum Gasteiger partial charge on any atom is 0.315 e. The quantitative estimate of drug-likeness (QED) is 0.0204. The molecule has 0 amide bonds. The van der Waals surface area contributed by atoms with Crippen molar-refractivity contribution in [3.05, 3.63) is 120 Å². The lowest BCUT2D eigenvalue weighted by Gasteiger charge is -2.14. The summed E-state index contributed by atoms with van der Waals surface area (Å²) >= 11 is 0. The SMILES string of the molecule is Cc1cc2c(S(=O)(=O)O)cc(N=Nc3cc(Nc4ncnc(F)c4F)ccc3S(=O)(=O)O)c(N)c2c(O)c1N=Nc1ccc2c(CNc3nc(F)nc(Nc4cccc(S(=O)(=O)O)c4)n3)cccc2c1S(=O)(=O)O. The second kappa shape index (κ2) is 19.5. The Balaban J connectivity index is 1.15. The van der Waals surface area contributed by atoms with Crippen molar-refractivity contribution in [2.24, 2.45) is 20.5 Å². The fourth-order valence-electron chi connectivity index (χ4n) is 7.17. The first-order valence-electron chi connectivity index (χ1n) is 20.1. The van der Waals surface area contributed by atoms with Crippen molar-refractivity contribution >= 4 is 120 Å². The van der Waals surface area contributed by atoms with Gasteiger partial charge in [-0.25, -0.2) is 9.97 Å². The van der Waals surface area contributed by atoms with Crippen LogP contribution in [0.4, 0.5) is 70.7 Å². The Morgan fingerprint density at radius 1 is 0.622 bits per heavy atom. The minimum atomic E-state index is -5.22. The Labute approximate surface area is 414 Å². The van der Waals surface area contributed by atoms with E-state index in [1.165, 1.54) is 43.3 Å². The highest BCUT2D eigenvalue weighted by Crippen LogP contribution is 2.48. The number of aromatic nitrogens is 5. The molecule has 0 radical (unpaired) electrons. The highest BCUT2D eigenvalue weighted by atomic mass is 32.2. The van der Waals surface area contributed by atoms with E-state index in [2.05, 4.69) is 61.3 Å². The van der Waals surface area contributed by atoms with Crippen LogP contribution in [0.2, 0.25) is 0 Å². The number of aromatic hydroxyl groups is 1. The number of nitrogens with zero attached hydrogens (tertiary/aromatic N) is 9. The summed E-state index contributed by atoms with van der Waals surface area (Å²) < 4.78 is 182. The number of fused-ring (bicyclic) bond motifs is 2. The first-order valence-corrected chi connectivity index (χ1v) is 25.9. The lowest BCUT2D eigenvalue weighted by Crippen LogP contribution is -2.09. The first-order chi connectivity index (χ1) is 34.7. The van der Waals surface area contributed by atoms with Gasteiger partial charge in [0.1, 0.15) is 43.8 Å². The number of phenols is 1. The average Bonchev–Trinajstić information content (AvgIpc) is 3.30. The van der Waals surface area contributed by atoms with Gasteiger partial charge in [-0.3, -0.25) is 18.2 Å². The molecule has 0 bridgehead atoms. The molecule has 0 saturated heterocycles. The van der Waals surface area contributed by atoms with Crippen LogP contribution in [0.15, 0.2) is 131 Å². The highest BCUT2D eigenvalue weighted by molar-refractivity contribution is 7.86. The van der Waals surface area contributed by atoms with Crippen molar-refractivity contribution in [2.75, 3.05) is 21.7 Å². The third-order valence-electron chi connectivity index (χ3n) is 10.4. The van der Waals surface area contributed by atoms with Gasteiger partial charge in [-0.2, -0.15) is 61.8 Å². The molecular weight excluding hydrogens is 1070 g/mol. The zero-order valence-electron chi connectivity index (χ0n) is 36.7. The van der Waals surface area contributed by atoms with E-state index >= 15 is 0 Å². The zero-order chi connectivity index (χ0) is 53.7. The number of hydrogen-bond donors (Lipinski definition) is 9. The number of anilines is 6. The minimum Gasteiger partial charge on any atom is -0.505 e. The lowest BCUT2D eigenvalue weighted by atomic mass is 10.0. The van der Waals surface area contributed by atoms with Crippen LogP contribution >= 0.6 is 0 Å². The molecule has 0 spiro atoms. The van der Waals surface area contributed by atoms with Crippen LogP contribution in [0.25, 0.3) is 21.5 Å². The maximum atomic E-state index is 14.5. The van der Waals surface area contributed by atoms with Crippen molar-refractivity contribution in [3.8, 4) is 5.75 Å². The number of nitrogens with two attached hydrogens (primary N) is 1. The Morgan fingerprint density at radius 2 is 1.30 bits per heavy atom. The number of hydrogen-bond acceptors (Lipinski definition) is 22. The van der Waals surface area contributed by atoms with E-state index in [9.17, 15) is 70.2 Å². The first kappa shape index (κ1) is 51.9. The molecule has 0 atom stereocenters. The molecule has 8 rings (SSSR count). The fraction of sp³-hybridized carbons (Fsp3) is 0.0488. The van der Waals surface area contributed by atoms with Crippen molar-refractivity contribution in [2.45, 2.75) is 33.1 Å². The van der Waals surface area contributed by atoms with Gasteiger partial charge in [-0.1, -0.05) is 30.3 Å². The molecule has 10 N–H and O–H groups in total. The van der Waals surface area contributed by atoms with Gasteiger partial charge in [0.05, 0.1) is 16.0 Å². The fourth-order valence-corrected chi connectivity index (χ4v) is 9.83. The summed E-state index contributed by atoms with van der Waals surface area (Å²) in [5.74, 6) is -5.37. The molecule has 2 aromatic heterocycles. The summed E-state index contributed by atoms with van der Waals surface area (Å²) in [5, 5.41) is 34.1.